The average molecular weight is 245 g/mol. The van der Waals surface area contributed by atoms with Crippen molar-refractivity contribution < 1.29 is 0 Å². The zero-order valence-electron chi connectivity index (χ0n) is 5.03. The van der Waals surface area contributed by atoms with Crippen LogP contribution >= 0.6 is 22.6 Å². The van der Waals surface area contributed by atoms with Gasteiger partial charge in [0.2, 0.25) is 0 Å². The minimum absolute atomic E-state index is 0.984. The smallest absolute Gasteiger partial charge is 0.137 e. The quantitative estimate of drug-likeness (QED) is 0.655. The van der Waals surface area contributed by atoms with Crippen molar-refractivity contribution in [1.82, 2.24) is 14.6 Å². The van der Waals surface area contributed by atoms with Crippen LogP contribution < -0.4 is 0 Å². The van der Waals surface area contributed by atoms with Gasteiger partial charge in [-0.3, -0.25) is 0 Å². The van der Waals surface area contributed by atoms with Crippen molar-refractivity contribution in [2.45, 2.75) is 0 Å². The number of rotatable bonds is 0. The van der Waals surface area contributed by atoms with Crippen LogP contribution in [0.1, 0.15) is 0 Å². The average Bonchev–Trinajstić information content (AvgIpc) is 2.36. The lowest BCUT2D eigenvalue weighted by molar-refractivity contribution is 0.893. The Morgan fingerprint density at radius 2 is 2.40 bits per heavy atom. The molecule has 0 N–H and O–H groups in total. The highest BCUT2D eigenvalue weighted by Crippen LogP contribution is 2.08. The van der Waals surface area contributed by atoms with Crippen LogP contribution in [-0.2, 0) is 0 Å². The molecule has 2 aromatic heterocycles. The van der Waals surface area contributed by atoms with Crippen molar-refractivity contribution in [2.75, 3.05) is 0 Å². The lowest BCUT2D eigenvalue weighted by Gasteiger charge is -1.92. The van der Waals surface area contributed by atoms with E-state index in [0.29, 0.717) is 0 Å². The number of halogens is 1. The second-order valence-corrected chi connectivity index (χ2v) is 2.91. The summed E-state index contributed by atoms with van der Waals surface area (Å²) in [7, 11) is 0. The van der Waals surface area contributed by atoms with Crippen LogP contribution in [0.3, 0.4) is 0 Å². The highest BCUT2D eigenvalue weighted by atomic mass is 127. The van der Waals surface area contributed by atoms with E-state index in [0.717, 1.165) is 9.22 Å². The van der Waals surface area contributed by atoms with Crippen LogP contribution in [0, 0.1) is 3.70 Å². The molecule has 0 saturated heterocycles. The zero-order chi connectivity index (χ0) is 6.97. The molecule has 0 aliphatic rings. The minimum atomic E-state index is 0.984. The van der Waals surface area contributed by atoms with Gasteiger partial charge in [-0.25, -0.2) is 9.50 Å². The van der Waals surface area contributed by atoms with Gasteiger partial charge in [0.1, 0.15) is 10.0 Å². The predicted molar refractivity (Wildman–Crippen MR) is 45.7 cm³/mol. The van der Waals surface area contributed by atoms with Gasteiger partial charge in [-0.1, -0.05) is 0 Å². The van der Waals surface area contributed by atoms with Crippen molar-refractivity contribution in [3.8, 4) is 0 Å². The Bertz CT molecular complexity index is 355. The summed E-state index contributed by atoms with van der Waals surface area (Å²) in [6.45, 7) is 0. The maximum atomic E-state index is 4.03. The summed E-state index contributed by atoms with van der Waals surface area (Å²) < 4.78 is 2.78. The minimum Gasteiger partial charge on any atom is -0.237 e. The van der Waals surface area contributed by atoms with Gasteiger partial charge in [0.25, 0.3) is 0 Å². The van der Waals surface area contributed by atoms with Crippen molar-refractivity contribution in [3.05, 3.63) is 28.4 Å². The molecule has 50 valence electrons. The molecule has 0 atom stereocenters. The molecule has 0 aliphatic carbocycles. The van der Waals surface area contributed by atoms with Crippen molar-refractivity contribution >= 4 is 28.1 Å². The van der Waals surface area contributed by atoms with E-state index in [1.807, 2.05) is 18.3 Å². The molecule has 10 heavy (non-hydrogen) atoms. The molecule has 0 radical (unpaired) electrons. The fourth-order valence-corrected chi connectivity index (χ4v) is 1.39. The first-order valence-electron chi connectivity index (χ1n) is 2.82. The summed E-state index contributed by atoms with van der Waals surface area (Å²) in [6.07, 6.45) is 3.45. The SMILES string of the molecule is Ic1ncnn2cccc12. The summed E-state index contributed by atoms with van der Waals surface area (Å²) in [6, 6.07) is 3.94. The van der Waals surface area contributed by atoms with Gasteiger partial charge >= 0.3 is 0 Å². The van der Waals surface area contributed by atoms with E-state index in [-0.39, 0.29) is 0 Å². The van der Waals surface area contributed by atoms with E-state index in [2.05, 4.69) is 32.7 Å². The second-order valence-electron chi connectivity index (χ2n) is 1.89. The summed E-state index contributed by atoms with van der Waals surface area (Å²) >= 11 is 2.18. The molecule has 0 saturated carbocycles. The van der Waals surface area contributed by atoms with Gasteiger partial charge in [0.05, 0.1) is 5.52 Å². The first-order valence-corrected chi connectivity index (χ1v) is 3.89. The van der Waals surface area contributed by atoms with Crippen LogP contribution in [0.15, 0.2) is 24.7 Å². The third-order valence-corrected chi connectivity index (χ3v) is 2.12. The Morgan fingerprint density at radius 1 is 1.50 bits per heavy atom. The molecule has 2 heterocycles. The number of nitrogens with zero attached hydrogens (tertiary/aromatic N) is 3. The molecule has 0 aromatic carbocycles. The molecule has 0 bridgehead atoms. The van der Waals surface area contributed by atoms with Crippen molar-refractivity contribution in [1.29, 1.82) is 0 Å². The van der Waals surface area contributed by atoms with Crippen molar-refractivity contribution in [2.24, 2.45) is 0 Å². The normalized spacial score (nSPS) is 10.5. The van der Waals surface area contributed by atoms with Crippen LogP contribution in [0.4, 0.5) is 0 Å². The van der Waals surface area contributed by atoms with Gasteiger partial charge in [0.15, 0.2) is 0 Å². The molecule has 0 unspecified atom stereocenters. The number of fused-ring (bicyclic) bond motifs is 1. The van der Waals surface area contributed by atoms with Gasteiger partial charge in [0, 0.05) is 6.20 Å². The number of aromatic nitrogens is 3. The molecule has 2 aromatic rings. The zero-order valence-corrected chi connectivity index (χ0v) is 7.19. The Kier molecular flexibility index (Phi) is 1.33. The van der Waals surface area contributed by atoms with E-state index in [4.69, 9.17) is 0 Å². The number of hydrogen-bond donors (Lipinski definition) is 0. The third-order valence-electron chi connectivity index (χ3n) is 1.29. The number of hydrogen-bond acceptors (Lipinski definition) is 2. The maximum Gasteiger partial charge on any atom is 0.137 e. The molecule has 3 nitrogen and oxygen atoms in total. The van der Waals surface area contributed by atoms with E-state index in [1.54, 1.807) is 10.8 Å². The first kappa shape index (κ1) is 6.09. The fraction of sp³-hybridized carbons (Fsp3) is 0. The second kappa shape index (κ2) is 2.19. The lowest BCUT2D eigenvalue weighted by Crippen LogP contribution is -1.92. The third kappa shape index (κ3) is 0.792. The molecule has 2 rings (SSSR count). The van der Waals surface area contributed by atoms with Crippen molar-refractivity contribution in [3.63, 3.8) is 0 Å². The Balaban J connectivity index is 2.95. The lowest BCUT2D eigenvalue weighted by atomic mass is 10.5. The van der Waals surface area contributed by atoms with Gasteiger partial charge in [-0.2, -0.15) is 5.10 Å². The maximum absolute atomic E-state index is 4.03. The summed E-state index contributed by atoms with van der Waals surface area (Å²) in [5.74, 6) is 0. The highest BCUT2D eigenvalue weighted by molar-refractivity contribution is 14.1. The van der Waals surface area contributed by atoms with Crippen LogP contribution in [0.25, 0.3) is 5.52 Å². The monoisotopic (exact) mass is 245 g/mol. The first-order chi connectivity index (χ1) is 4.88. The largest absolute Gasteiger partial charge is 0.237 e. The van der Waals surface area contributed by atoms with E-state index in [1.165, 1.54) is 0 Å². The molecular formula is C6H4IN3. The Hall–Kier alpha value is -0.650. The Labute approximate surface area is 71.2 Å². The van der Waals surface area contributed by atoms with E-state index < -0.39 is 0 Å². The topological polar surface area (TPSA) is 30.2 Å². The van der Waals surface area contributed by atoms with Crippen LogP contribution in [0.2, 0.25) is 0 Å². The summed E-state index contributed by atoms with van der Waals surface area (Å²) in [5, 5.41) is 4.00. The molecular weight excluding hydrogens is 241 g/mol. The van der Waals surface area contributed by atoms with Gasteiger partial charge in [-0.05, 0) is 34.7 Å². The summed E-state index contributed by atoms with van der Waals surface area (Å²) in [5.41, 5.74) is 1.06. The standard InChI is InChI=1S/C6H4IN3/c7-6-5-2-1-3-10(5)9-4-8-6/h1-4H. The van der Waals surface area contributed by atoms with Gasteiger partial charge < -0.3 is 0 Å². The fourth-order valence-electron chi connectivity index (χ4n) is 0.835. The van der Waals surface area contributed by atoms with Crippen LogP contribution in [0.5, 0.6) is 0 Å². The van der Waals surface area contributed by atoms with Crippen LogP contribution in [-0.4, -0.2) is 14.6 Å². The molecule has 0 aliphatic heterocycles. The Morgan fingerprint density at radius 3 is 3.20 bits per heavy atom. The molecule has 0 fully saturated rings. The molecule has 4 heteroatoms. The van der Waals surface area contributed by atoms with Gasteiger partial charge in [-0.15, -0.1) is 0 Å². The summed E-state index contributed by atoms with van der Waals surface area (Å²) in [4.78, 5) is 4.03. The highest BCUT2D eigenvalue weighted by Gasteiger charge is 1.96. The van der Waals surface area contributed by atoms with E-state index in [9.17, 15) is 0 Å². The predicted octanol–water partition coefficient (Wildman–Crippen LogP) is 1.33. The van der Waals surface area contributed by atoms with E-state index >= 15 is 0 Å². The molecule has 0 amide bonds. The molecule has 0 spiro atoms.